The number of carbonyl (C=O) groups excluding carboxylic acids is 2. The van der Waals surface area contributed by atoms with Crippen LogP contribution in [0.25, 0.3) is 0 Å². The zero-order chi connectivity index (χ0) is 18.4. The fourth-order valence-electron chi connectivity index (χ4n) is 2.78. The smallest absolute Gasteiger partial charge is 0.342 e. The molecule has 1 heterocycles. The molecule has 136 valence electrons. The van der Waals surface area contributed by atoms with E-state index in [4.69, 9.17) is 9.47 Å². The molecule has 1 aliphatic rings. The molecule has 0 saturated heterocycles. The van der Waals surface area contributed by atoms with Gasteiger partial charge in [0, 0.05) is 12.5 Å². The van der Waals surface area contributed by atoms with Gasteiger partial charge in [-0.1, -0.05) is 12.5 Å². The van der Waals surface area contributed by atoms with Crippen molar-refractivity contribution in [2.75, 3.05) is 7.11 Å². The molecule has 1 aliphatic heterocycles. The van der Waals surface area contributed by atoms with E-state index < -0.39 is 18.2 Å². The van der Waals surface area contributed by atoms with Crippen molar-refractivity contribution in [3.05, 3.63) is 35.4 Å². The van der Waals surface area contributed by atoms with Gasteiger partial charge in [-0.3, -0.25) is 4.79 Å². The van der Waals surface area contributed by atoms with Gasteiger partial charge in [-0.25, -0.2) is 4.79 Å². The molecule has 6 heteroatoms. The molecule has 0 unspecified atom stereocenters. The van der Waals surface area contributed by atoms with Gasteiger partial charge in [-0.15, -0.1) is 0 Å². The normalized spacial score (nSPS) is 24.0. The third kappa shape index (κ3) is 5.06. The van der Waals surface area contributed by atoms with E-state index in [9.17, 15) is 19.8 Å². The molecule has 6 nitrogen and oxygen atoms in total. The molecule has 1 aromatic carbocycles. The van der Waals surface area contributed by atoms with Crippen LogP contribution in [0.15, 0.2) is 24.3 Å². The van der Waals surface area contributed by atoms with Gasteiger partial charge in [0.1, 0.15) is 29.3 Å². The van der Waals surface area contributed by atoms with Crippen molar-refractivity contribution in [3.63, 3.8) is 0 Å². The molecule has 0 saturated carbocycles. The Morgan fingerprint density at radius 2 is 2.00 bits per heavy atom. The van der Waals surface area contributed by atoms with Crippen LogP contribution in [0.1, 0.15) is 48.5 Å². The molecule has 0 fully saturated rings. The van der Waals surface area contributed by atoms with E-state index in [1.807, 2.05) is 0 Å². The van der Waals surface area contributed by atoms with Crippen LogP contribution in [0.4, 0.5) is 0 Å². The summed E-state index contributed by atoms with van der Waals surface area (Å²) in [5, 5.41) is 20.1. The Hall–Kier alpha value is -2.34. The highest BCUT2D eigenvalue weighted by molar-refractivity contribution is 5.95. The van der Waals surface area contributed by atoms with Crippen molar-refractivity contribution in [2.24, 2.45) is 0 Å². The van der Waals surface area contributed by atoms with E-state index in [2.05, 4.69) is 0 Å². The average molecular weight is 348 g/mol. The number of ether oxygens (including phenoxy) is 2. The number of aliphatic hydroxyl groups excluding tert-OH is 1. The molecular weight excluding hydrogens is 324 g/mol. The largest absolute Gasteiger partial charge is 0.507 e. The predicted octanol–water partition coefficient (Wildman–Crippen LogP) is 2.55. The summed E-state index contributed by atoms with van der Waals surface area (Å²) in [5.41, 5.74) is 0.771. The summed E-state index contributed by atoms with van der Waals surface area (Å²) >= 11 is 0. The minimum atomic E-state index is -1.02. The molecular formula is C19H24O6. The first-order valence-corrected chi connectivity index (χ1v) is 8.41. The summed E-state index contributed by atoms with van der Waals surface area (Å²) in [7, 11) is 1.49. The van der Waals surface area contributed by atoms with Gasteiger partial charge in [0.25, 0.3) is 0 Å². The summed E-state index contributed by atoms with van der Waals surface area (Å²) in [6.45, 7) is 1.70. The first-order chi connectivity index (χ1) is 11.9. The van der Waals surface area contributed by atoms with Gasteiger partial charge < -0.3 is 19.7 Å². The first-order valence-electron chi connectivity index (χ1n) is 8.41. The molecule has 0 aliphatic carbocycles. The van der Waals surface area contributed by atoms with Gasteiger partial charge in [-0.2, -0.15) is 0 Å². The Balaban J connectivity index is 2.32. The number of benzene rings is 1. The Kier molecular flexibility index (Phi) is 6.58. The number of aromatic hydroxyl groups is 1. The van der Waals surface area contributed by atoms with Crippen LogP contribution in [0, 0.1) is 0 Å². The second-order valence-corrected chi connectivity index (χ2v) is 6.20. The van der Waals surface area contributed by atoms with E-state index in [1.54, 1.807) is 19.1 Å². The molecule has 1 aromatic rings. The van der Waals surface area contributed by atoms with Crippen molar-refractivity contribution in [1.82, 2.24) is 0 Å². The van der Waals surface area contributed by atoms with Gasteiger partial charge in [0.2, 0.25) is 0 Å². The zero-order valence-electron chi connectivity index (χ0n) is 14.5. The fraction of sp³-hybridized carbons (Fsp3) is 0.474. The number of hydrogen-bond donors (Lipinski definition) is 2. The number of phenolic OH excluding ortho intramolecular Hbond substituents is 1. The fourth-order valence-corrected chi connectivity index (χ4v) is 2.78. The van der Waals surface area contributed by atoms with Crippen LogP contribution in [0.3, 0.4) is 0 Å². The highest BCUT2D eigenvalue weighted by Crippen LogP contribution is 2.30. The second-order valence-electron chi connectivity index (χ2n) is 6.20. The van der Waals surface area contributed by atoms with Crippen molar-refractivity contribution < 1.29 is 29.3 Å². The summed E-state index contributed by atoms with van der Waals surface area (Å²) in [6, 6.07) is 3.09. The number of hydrogen-bond acceptors (Lipinski definition) is 6. The van der Waals surface area contributed by atoms with Crippen LogP contribution in [-0.4, -0.2) is 41.3 Å². The number of fused-ring (bicyclic) bond motifs is 1. The summed E-state index contributed by atoms with van der Waals surface area (Å²) in [4.78, 5) is 24.3. The number of phenols is 1. The molecule has 0 bridgehead atoms. The minimum Gasteiger partial charge on any atom is -0.507 e. The molecule has 0 radical (unpaired) electrons. The van der Waals surface area contributed by atoms with Gasteiger partial charge in [-0.05, 0) is 43.9 Å². The highest BCUT2D eigenvalue weighted by Gasteiger charge is 2.22. The topological polar surface area (TPSA) is 93.1 Å². The van der Waals surface area contributed by atoms with Crippen LogP contribution < -0.4 is 4.74 Å². The SMILES string of the molecule is COc1cc(O)c2c(c1)CCCC[C@H](O)C(=O)/C=C\C[C@H](C)OC2=O. The quantitative estimate of drug-likeness (QED) is 0.758. The minimum absolute atomic E-state index is 0.144. The molecule has 25 heavy (non-hydrogen) atoms. The lowest BCUT2D eigenvalue weighted by atomic mass is 9.98. The number of esters is 1. The van der Waals surface area contributed by atoms with Gasteiger partial charge in [0.15, 0.2) is 5.78 Å². The van der Waals surface area contributed by atoms with Gasteiger partial charge >= 0.3 is 5.97 Å². The Bertz CT molecular complexity index is 664. The van der Waals surface area contributed by atoms with Crippen LogP contribution in [0.5, 0.6) is 11.5 Å². The average Bonchev–Trinajstić information content (AvgIpc) is 2.56. The maximum Gasteiger partial charge on any atom is 0.342 e. The highest BCUT2D eigenvalue weighted by atomic mass is 16.5. The van der Waals surface area contributed by atoms with E-state index >= 15 is 0 Å². The Morgan fingerprint density at radius 1 is 1.24 bits per heavy atom. The van der Waals surface area contributed by atoms with E-state index in [0.717, 1.165) is 0 Å². The maximum absolute atomic E-state index is 12.5. The molecule has 0 aromatic heterocycles. The molecule has 2 atom stereocenters. The zero-order valence-corrected chi connectivity index (χ0v) is 14.5. The van der Waals surface area contributed by atoms with E-state index in [0.29, 0.717) is 43.4 Å². The lowest BCUT2D eigenvalue weighted by Gasteiger charge is -2.17. The van der Waals surface area contributed by atoms with E-state index in [1.165, 1.54) is 19.3 Å². The standard InChI is InChI=1S/C19H24O6/c1-12-6-5-9-16(21)15(20)8-4-3-7-13-10-14(24-2)11-17(22)18(13)19(23)25-12/h5,9-12,15,20,22H,3-4,6-8H2,1-2H3/b9-5-/t12-,15-/m0/s1. The van der Waals surface area contributed by atoms with Crippen molar-refractivity contribution in [1.29, 1.82) is 0 Å². The predicted molar refractivity (Wildman–Crippen MR) is 91.9 cm³/mol. The summed E-state index contributed by atoms with van der Waals surface area (Å²) < 4.78 is 10.5. The first kappa shape index (κ1) is 19.0. The number of aliphatic hydroxyl groups is 1. The Labute approximate surface area is 147 Å². The van der Waals surface area contributed by atoms with Crippen molar-refractivity contribution >= 4 is 11.8 Å². The second kappa shape index (κ2) is 8.67. The van der Waals surface area contributed by atoms with Crippen molar-refractivity contribution in [3.8, 4) is 11.5 Å². The molecule has 2 N–H and O–H groups in total. The molecule has 2 rings (SSSR count). The number of aryl methyl sites for hydroxylation is 1. The lowest BCUT2D eigenvalue weighted by Crippen LogP contribution is -2.19. The Morgan fingerprint density at radius 3 is 2.72 bits per heavy atom. The number of ketones is 1. The van der Waals surface area contributed by atoms with Crippen LogP contribution >= 0.6 is 0 Å². The summed E-state index contributed by atoms with van der Waals surface area (Å²) in [6.07, 6.45) is 3.90. The van der Waals surface area contributed by atoms with Crippen molar-refractivity contribution in [2.45, 2.75) is 51.2 Å². The third-order valence-corrected chi connectivity index (χ3v) is 4.17. The molecule has 0 amide bonds. The maximum atomic E-state index is 12.5. The number of methoxy groups -OCH3 is 1. The van der Waals surface area contributed by atoms with Gasteiger partial charge in [0.05, 0.1) is 7.11 Å². The summed E-state index contributed by atoms with van der Waals surface area (Å²) in [5.74, 6) is -0.657. The molecule has 0 spiro atoms. The number of carbonyl (C=O) groups is 2. The van der Waals surface area contributed by atoms with Crippen LogP contribution in [-0.2, 0) is 16.0 Å². The van der Waals surface area contributed by atoms with Crippen LogP contribution in [0.2, 0.25) is 0 Å². The third-order valence-electron chi connectivity index (χ3n) is 4.17. The van der Waals surface area contributed by atoms with E-state index in [-0.39, 0.29) is 17.1 Å². The number of rotatable bonds is 1. The monoisotopic (exact) mass is 348 g/mol. The number of cyclic esters (lactones) is 1. The lowest BCUT2D eigenvalue weighted by molar-refractivity contribution is -0.122.